The third kappa shape index (κ3) is 4.01. The highest BCUT2D eigenvalue weighted by Crippen LogP contribution is 2.40. The molecule has 2 heterocycles. The number of aromatic amines is 1. The van der Waals surface area contributed by atoms with Crippen LogP contribution in [0.3, 0.4) is 0 Å². The summed E-state index contributed by atoms with van der Waals surface area (Å²) in [5.41, 5.74) is 4.51. The highest BCUT2D eigenvalue weighted by Gasteiger charge is 2.57. The number of aliphatic hydroxyl groups is 5. The number of nitrogens with zero attached hydrogens (tertiary/aromatic N) is 1. The molecule has 1 aromatic heterocycles. The molecule has 1 aliphatic carbocycles. The zero-order valence-corrected chi connectivity index (χ0v) is 18.2. The van der Waals surface area contributed by atoms with Crippen LogP contribution in [0.5, 0.6) is 5.75 Å². The van der Waals surface area contributed by atoms with Crippen molar-refractivity contribution < 1.29 is 35.0 Å². The Balaban J connectivity index is 1.48. The fourth-order valence-corrected chi connectivity index (χ4v) is 4.42. The van der Waals surface area contributed by atoms with E-state index in [1.807, 2.05) is 13.0 Å². The summed E-state index contributed by atoms with van der Waals surface area (Å²) in [6.07, 6.45) is -3.87. The molecule has 176 valence electrons. The molecule has 3 aromatic rings. The molecule has 5 rings (SSSR count). The highest BCUT2D eigenvalue weighted by molar-refractivity contribution is 5.88. The molecule has 0 unspecified atom stereocenters. The molecule has 2 fully saturated rings. The van der Waals surface area contributed by atoms with Crippen molar-refractivity contribution in [2.75, 3.05) is 6.61 Å². The minimum Gasteiger partial charge on any atom is -0.453 e. The third-order valence-electron chi connectivity index (χ3n) is 6.49. The molecule has 0 bridgehead atoms. The molecule has 33 heavy (non-hydrogen) atoms. The summed E-state index contributed by atoms with van der Waals surface area (Å²) < 4.78 is 10.8. The molecule has 6 N–H and O–H groups in total. The quantitative estimate of drug-likeness (QED) is 0.299. The van der Waals surface area contributed by atoms with Gasteiger partial charge in [-0.25, -0.2) is 0 Å². The topological polar surface area (TPSA) is 148 Å². The van der Waals surface area contributed by atoms with E-state index in [1.54, 1.807) is 6.07 Å². The van der Waals surface area contributed by atoms with Gasteiger partial charge >= 0.3 is 0 Å². The Bertz CT molecular complexity index is 1140. The van der Waals surface area contributed by atoms with Gasteiger partial charge in [0.25, 0.3) is 5.79 Å². The fourth-order valence-electron chi connectivity index (χ4n) is 4.42. The average Bonchev–Trinajstić information content (AvgIpc) is 3.57. The lowest BCUT2D eigenvalue weighted by Gasteiger charge is -2.45. The van der Waals surface area contributed by atoms with Gasteiger partial charge < -0.3 is 35.0 Å². The summed E-state index contributed by atoms with van der Waals surface area (Å²) >= 11 is 0. The van der Waals surface area contributed by atoms with E-state index in [1.165, 1.54) is 18.4 Å². The first-order chi connectivity index (χ1) is 15.8. The normalized spacial score (nSPS) is 30.0. The maximum absolute atomic E-state index is 11.0. The van der Waals surface area contributed by atoms with Gasteiger partial charge in [0.15, 0.2) is 6.10 Å². The van der Waals surface area contributed by atoms with E-state index in [9.17, 15) is 25.5 Å². The van der Waals surface area contributed by atoms with E-state index in [-0.39, 0.29) is 5.75 Å². The fraction of sp³-hybridized carbons (Fsp3) is 0.458. The van der Waals surface area contributed by atoms with Gasteiger partial charge in [0.2, 0.25) is 6.29 Å². The first-order valence-corrected chi connectivity index (χ1v) is 11.1. The van der Waals surface area contributed by atoms with Crippen molar-refractivity contribution in [3.05, 3.63) is 58.8 Å². The zero-order chi connectivity index (χ0) is 23.3. The van der Waals surface area contributed by atoms with Gasteiger partial charge in [0.1, 0.15) is 18.0 Å². The van der Waals surface area contributed by atoms with Gasteiger partial charge in [-0.2, -0.15) is 5.10 Å². The van der Waals surface area contributed by atoms with Crippen LogP contribution >= 0.6 is 0 Å². The smallest absolute Gasteiger partial charge is 0.288 e. The van der Waals surface area contributed by atoms with Crippen LogP contribution < -0.4 is 4.74 Å². The molecule has 9 nitrogen and oxygen atoms in total. The first kappa shape index (κ1) is 22.3. The number of aliphatic hydroxyl groups excluding tert-OH is 4. The maximum Gasteiger partial charge on any atom is 0.288 e. The number of hydrogen-bond donors (Lipinski definition) is 6. The van der Waals surface area contributed by atoms with E-state index < -0.39 is 37.0 Å². The van der Waals surface area contributed by atoms with E-state index >= 15 is 0 Å². The van der Waals surface area contributed by atoms with E-state index in [0.29, 0.717) is 23.2 Å². The minimum atomic E-state index is -2.66. The molecule has 0 amide bonds. The first-order valence-electron chi connectivity index (χ1n) is 11.1. The predicted molar refractivity (Wildman–Crippen MR) is 118 cm³/mol. The lowest BCUT2D eigenvalue weighted by molar-refractivity contribution is -0.385. The van der Waals surface area contributed by atoms with Crippen LogP contribution in [0.2, 0.25) is 0 Å². The van der Waals surface area contributed by atoms with Crippen molar-refractivity contribution in [3.63, 3.8) is 0 Å². The second kappa shape index (κ2) is 8.35. The van der Waals surface area contributed by atoms with Gasteiger partial charge in [-0.15, -0.1) is 0 Å². The number of H-pyrrole nitrogens is 1. The van der Waals surface area contributed by atoms with Gasteiger partial charge in [-0.3, -0.25) is 5.10 Å². The van der Waals surface area contributed by atoms with Gasteiger partial charge in [0.05, 0.1) is 23.2 Å². The molecule has 0 radical (unpaired) electrons. The van der Waals surface area contributed by atoms with Crippen molar-refractivity contribution in [1.82, 2.24) is 10.2 Å². The Hall–Kier alpha value is -2.53. The Morgan fingerprint density at radius 2 is 1.88 bits per heavy atom. The second-order valence-electron chi connectivity index (χ2n) is 9.05. The molecule has 2 aliphatic rings. The Morgan fingerprint density at radius 1 is 1.15 bits per heavy atom. The standard InChI is InChI=1S/C24H28N2O7/c1-12-8-16-20(17(26-25-16)10-13-2-4-14(5-3-13)15-6-7-15)18(9-12)33-24(31)22(29)21(28)19(11-27)32-23(24)30/h2-5,8-9,15,19,21-23,27-31H,6-7,10-11H2,1H3,(H,25,26)/t19-,21-,22+,23-,24+/m1/s1. The number of aryl methyl sites for hydroxylation is 1. The number of benzene rings is 2. The van der Waals surface area contributed by atoms with Crippen LogP contribution in [0, 0.1) is 6.92 Å². The second-order valence-corrected chi connectivity index (χ2v) is 9.05. The summed E-state index contributed by atoms with van der Waals surface area (Å²) in [5, 5.41) is 59.3. The number of nitrogens with one attached hydrogen (secondary N) is 1. The molecule has 2 aromatic carbocycles. The Morgan fingerprint density at radius 3 is 2.55 bits per heavy atom. The molecular weight excluding hydrogens is 428 g/mol. The van der Waals surface area contributed by atoms with Crippen LogP contribution in [-0.2, 0) is 11.2 Å². The molecule has 1 aliphatic heterocycles. The molecule has 1 saturated heterocycles. The lowest BCUT2D eigenvalue weighted by atomic mass is 9.95. The Kier molecular flexibility index (Phi) is 5.64. The van der Waals surface area contributed by atoms with Crippen molar-refractivity contribution in [3.8, 4) is 5.75 Å². The van der Waals surface area contributed by atoms with Crippen molar-refractivity contribution in [2.24, 2.45) is 0 Å². The molecule has 0 spiro atoms. The summed E-state index contributed by atoms with van der Waals surface area (Å²) in [4.78, 5) is 0. The SMILES string of the molecule is Cc1cc(O[C@]2(O)[C@H](O)O[C@H](CO)[C@@H](O)[C@@H]2O)c2c(Cc3ccc(C4CC4)cc3)[nH]nc2c1. The zero-order valence-electron chi connectivity index (χ0n) is 18.2. The van der Waals surface area contributed by atoms with Crippen LogP contribution in [0.4, 0.5) is 0 Å². The van der Waals surface area contributed by atoms with Gasteiger partial charge in [-0.1, -0.05) is 24.3 Å². The number of rotatable bonds is 6. The third-order valence-corrected chi connectivity index (χ3v) is 6.49. The highest BCUT2D eigenvalue weighted by atomic mass is 16.7. The van der Waals surface area contributed by atoms with Crippen LogP contribution in [0.1, 0.15) is 41.1 Å². The monoisotopic (exact) mass is 456 g/mol. The minimum absolute atomic E-state index is 0.169. The average molecular weight is 456 g/mol. The predicted octanol–water partition coefficient (Wildman–Crippen LogP) is 0.838. The van der Waals surface area contributed by atoms with Crippen molar-refractivity contribution >= 4 is 10.9 Å². The van der Waals surface area contributed by atoms with Crippen LogP contribution in [0.25, 0.3) is 10.9 Å². The number of fused-ring (bicyclic) bond motifs is 1. The Labute approximate surface area is 190 Å². The largest absolute Gasteiger partial charge is 0.453 e. The lowest BCUT2D eigenvalue weighted by Crippen LogP contribution is -2.69. The molecular formula is C24H28N2O7. The number of hydrogen-bond acceptors (Lipinski definition) is 8. The van der Waals surface area contributed by atoms with Gasteiger partial charge in [-0.05, 0) is 54.5 Å². The summed E-state index contributed by atoms with van der Waals surface area (Å²) in [7, 11) is 0. The van der Waals surface area contributed by atoms with Crippen molar-refractivity contribution in [1.29, 1.82) is 0 Å². The number of ether oxygens (including phenoxy) is 2. The summed E-state index contributed by atoms with van der Waals surface area (Å²) in [6, 6.07) is 11.9. The summed E-state index contributed by atoms with van der Waals surface area (Å²) in [5.74, 6) is -1.82. The molecule has 1 saturated carbocycles. The van der Waals surface area contributed by atoms with Crippen molar-refractivity contribution in [2.45, 2.75) is 62.5 Å². The molecule has 5 atom stereocenters. The molecule has 9 heteroatoms. The summed E-state index contributed by atoms with van der Waals surface area (Å²) in [6.45, 7) is 1.17. The maximum atomic E-state index is 11.0. The van der Waals surface area contributed by atoms with E-state index in [2.05, 4.69) is 34.5 Å². The number of aromatic nitrogens is 2. The van der Waals surface area contributed by atoms with Gasteiger partial charge in [0, 0.05) is 6.42 Å². The van der Waals surface area contributed by atoms with E-state index in [4.69, 9.17) is 9.47 Å². The van der Waals surface area contributed by atoms with E-state index in [0.717, 1.165) is 16.8 Å². The van der Waals surface area contributed by atoms with Crippen LogP contribution in [0.15, 0.2) is 36.4 Å². The van der Waals surface area contributed by atoms with Crippen LogP contribution in [-0.4, -0.2) is 72.7 Å².